The van der Waals surface area contributed by atoms with Crippen LogP contribution in [0.2, 0.25) is 0 Å². The van der Waals surface area contributed by atoms with E-state index in [9.17, 15) is 5.26 Å². The van der Waals surface area contributed by atoms with Crippen LogP contribution in [0.15, 0.2) is 170 Å². The van der Waals surface area contributed by atoms with Crippen molar-refractivity contribution >= 4 is 43.6 Å². The Balaban J connectivity index is 1.25. The third-order valence-corrected chi connectivity index (χ3v) is 9.84. The molecule has 6 heteroatoms. The van der Waals surface area contributed by atoms with E-state index in [1.54, 1.807) is 0 Å². The first-order valence-electron chi connectivity index (χ1n) is 17.2. The van der Waals surface area contributed by atoms with Crippen LogP contribution in [0.5, 0.6) is 0 Å². The van der Waals surface area contributed by atoms with Gasteiger partial charge in [0, 0.05) is 38.2 Å². The number of rotatable bonds is 5. The van der Waals surface area contributed by atoms with Crippen molar-refractivity contribution in [2.75, 3.05) is 0 Å². The molecule has 0 amide bonds. The molecule has 0 aliphatic carbocycles. The SMILES string of the molecule is N#Cc1ccc(-c2cc(-c3nc(-c4ccccc4)nc(-n4c5ccccc5c5ccccc54)n3)ccc2-n2c3ccccc3c3ccccc32)cc1. The molecule has 0 fully saturated rings. The fraction of sp³-hybridized carbons (Fsp3) is 0. The Morgan fingerprint density at radius 2 is 0.865 bits per heavy atom. The van der Waals surface area contributed by atoms with Crippen LogP contribution in [0.4, 0.5) is 0 Å². The Morgan fingerprint density at radius 3 is 1.40 bits per heavy atom. The van der Waals surface area contributed by atoms with Gasteiger partial charge in [-0.1, -0.05) is 115 Å². The fourth-order valence-corrected chi connectivity index (χ4v) is 7.46. The van der Waals surface area contributed by atoms with Crippen molar-refractivity contribution < 1.29 is 0 Å². The van der Waals surface area contributed by atoms with E-state index in [4.69, 9.17) is 15.0 Å². The monoisotopic (exact) mass is 664 g/mol. The van der Waals surface area contributed by atoms with E-state index in [0.717, 1.165) is 60.8 Å². The van der Waals surface area contributed by atoms with Gasteiger partial charge in [0.05, 0.1) is 39.4 Å². The third-order valence-electron chi connectivity index (χ3n) is 9.84. The summed E-state index contributed by atoms with van der Waals surface area (Å²) in [5, 5.41) is 14.3. The fourth-order valence-electron chi connectivity index (χ4n) is 7.46. The number of nitrogens with zero attached hydrogens (tertiary/aromatic N) is 6. The van der Waals surface area contributed by atoms with Crippen LogP contribution < -0.4 is 0 Å². The quantitative estimate of drug-likeness (QED) is 0.184. The zero-order valence-corrected chi connectivity index (χ0v) is 27.8. The largest absolute Gasteiger partial charge is 0.309 e. The van der Waals surface area contributed by atoms with Crippen LogP contribution >= 0.6 is 0 Å². The van der Waals surface area contributed by atoms with Crippen molar-refractivity contribution in [3.05, 3.63) is 175 Å². The molecular formula is C46H28N6. The second-order valence-corrected chi connectivity index (χ2v) is 12.8. The molecule has 0 atom stereocenters. The summed E-state index contributed by atoms with van der Waals surface area (Å²) in [6, 6.07) is 60.3. The van der Waals surface area contributed by atoms with Crippen LogP contribution in [-0.2, 0) is 0 Å². The molecule has 0 bridgehead atoms. The van der Waals surface area contributed by atoms with E-state index in [1.807, 2.05) is 54.6 Å². The molecule has 0 N–H and O–H groups in total. The summed E-state index contributed by atoms with van der Waals surface area (Å²) < 4.78 is 4.46. The minimum Gasteiger partial charge on any atom is -0.309 e. The van der Waals surface area contributed by atoms with Crippen molar-refractivity contribution in [2.45, 2.75) is 0 Å². The lowest BCUT2D eigenvalue weighted by molar-refractivity contribution is 0.953. The molecule has 0 aliphatic rings. The maximum absolute atomic E-state index is 9.61. The van der Waals surface area contributed by atoms with Gasteiger partial charge < -0.3 is 4.57 Å². The van der Waals surface area contributed by atoms with Gasteiger partial charge in [-0.05, 0) is 60.2 Å². The molecule has 3 heterocycles. The first kappa shape index (κ1) is 29.5. The normalized spacial score (nSPS) is 11.4. The van der Waals surface area contributed by atoms with Gasteiger partial charge in [0.1, 0.15) is 0 Å². The topological polar surface area (TPSA) is 72.3 Å². The first-order valence-corrected chi connectivity index (χ1v) is 17.2. The van der Waals surface area contributed by atoms with Crippen LogP contribution in [0, 0.1) is 11.3 Å². The Kier molecular flexibility index (Phi) is 6.76. The minimum absolute atomic E-state index is 0.549. The Labute approximate surface area is 299 Å². The van der Waals surface area contributed by atoms with Crippen molar-refractivity contribution in [1.82, 2.24) is 24.1 Å². The van der Waals surface area contributed by atoms with Crippen molar-refractivity contribution in [2.24, 2.45) is 0 Å². The van der Waals surface area contributed by atoms with Crippen molar-refractivity contribution in [1.29, 1.82) is 5.26 Å². The van der Waals surface area contributed by atoms with E-state index < -0.39 is 0 Å². The predicted octanol–water partition coefficient (Wildman–Crippen LogP) is 10.9. The Hall–Kier alpha value is -7.36. The molecule has 0 unspecified atom stereocenters. The van der Waals surface area contributed by atoms with Crippen LogP contribution in [0.3, 0.4) is 0 Å². The van der Waals surface area contributed by atoms with Gasteiger partial charge >= 0.3 is 0 Å². The van der Waals surface area contributed by atoms with E-state index in [0.29, 0.717) is 23.2 Å². The zero-order valence-electron chi connectivity index (χ0n) is 27.8. The summed E-state index contributed by atoms with van der Waals surface area (Å²) in [4.78, 5) is 15.4. The second kappa shape index (κ2) is 11.9. The summed E-state index contributed by atoms with van der Waals surface area (Å²) >= 11 is 0. The molecule has 3 aromatic heterocycles. The third kappa shape index (κ3) is 4.68. The molecule has 52 heavy (non-hydrogen) atoms. The number of nitriles is 1. The van der Waals surface area contributed by atoms with Crippen molar-refractivity contribution in [3.8, 4) is 51.6 Å². The molecule has 10 aromatic rings. The van der Waals surface area contributed by atoms with E-state index in [-0.39, 0.29) is 0 Å². The maximum Gasteiger partial charge on any atom is 0.238 e. The molecular weight excluding hydrogens is 637 g/mol. The molecule has 0 saturated heterocycles. The molecule has 0 spiro atoms. The van der Waals surface area contributed by atoms with Crippen LogP contribution in [-0.4, -0.2) is 24.1 Å². The zero-order chi connectivity index (χ0) is 34.6. The lowest BCUT2D eigenvalue weighted by atomic mass is 9.99. The molecule has 0 radical (unpaired) electrons. The summed E-state index contributed by atoms with van der Waals surface area (Å²) in [7, 11) is 0. The van der Waals surface area contributed by atoms with Gasteiger partial charge in [-0.3, -0.25) is 4.57 Å². The van der Waals surface area contributed by atoms with Gasteiger partial charge in [-0.15, -0.1) is 0 Å². The predicted molar refractivity (Wildman–Crippen MR) is 210 cm³/mol. The second-order valence-electron chi connectivity index (χ2n) is 12.8. The number of para-hydroxylation sites is 4. The standard InChI is InChI=1S/C46H28N6/c47-29-30-22-24-31(25-23-30)38-28-33(26-27-43(38)51-39-18-8-4-14-34(39)35-15-5-9-19-40(35)51)45-48-44(32-12-2-1-3-13-32)49-46(50-45)52-41-20-10-6-16-36(41)37-17-7-11-21-42(37)52/h1-28H. The summed E-state index contributed by atoms with van der Waals surface area (Å²) in [6.07, 6.45) is 0. The lowest BCUT2D eigenvalue weighted by Crippen LogP contribution is -2.06. The Morgan fingerprint density at radius 1 is 0.404 bits per heavy atom. The lowest BCUT2D eigenvalue weighted by Gasteiger charge is -2.16. The number of hydrogen-bond acceptors (Lipinski definition) is 4. The molecule has 0 aliphatic heterocycles. The highest BCUT2D eigenvalue weighted by atomic mass is 15.2. The van der Waals surface area contributed by atoms with Crippen molar-refractivity contribution in [3.63, 3.8) is 0 Å². The summed E-state index contributed by atoms with van der Waals surface area (Å²) in [6.45, 7) is 0. The smallest absolute Gasteiger partial charge is 0.238 e. The Bertz CT molecular complexity index is 2910. The maximum atomic E-state index is 9.61. The van der Waals surface area contributed by atoms with Gasteiger partial charge in [-0.25, -0.2) is 4.98 Å². The van der Waals surface area contributed by atoms with Gasteiger partial charge in [0.25, 0.3) is 0 Å². The number of hydrogen-bond donors (Lipinski definition) is 0. The average Bonchev–Trinajstić information content (AvgIpc) is 3.74. The van der Waals surface area contributed by atoms with Crippen LogP contribution in [0.25, 0.3) is 89.2 Å². The highest BCUT2D eigenvalue weighted by Gasteiger charge is 2.20. The van der Waals surface area contributed by atoms with E-state index in [1.165, 1.54) is 10.8 Å². The number of benzene rings is 7. The molecule has 6 nitrogen and oxygen atoms in total. The van der Waals surface area contributed by atoms with Crippen LogP contribution in [0.1, 0.15) is 5.56 Å². The number of fused-ring (bicyclic) bond motifs is 6. The molecule has 242 valence electrons. The summed E-state index contributed by atoms with van der Waals surface area (Å²) in [5.74, 6) is 1.70. The number of aromatic nitrogens is 5. The highest BCUT2D eigenvalue weighted by Crippen LogP contribution is 2.38. The van der Waals surface area contributed by atoms with Gasteiger partial charge in [-0.2, -0.15) is 15.2 Å². The van der Waals surface area contributed by atoms with E-state index >= 15 is 0 Å². The molecule has 10 rings (SSSR count). The van der Waals surface area contributed by atoms with Gasteiger partial charge in [0.2, 0.25) is 5.95 Å². The molecule has 0 saturated carbocycles. The van der Waals surface area contributed by atoms with Gasteiger partial charge in [0.15, 0.2) is 11.6 Å². The summed E-state index contributed by atoms with van der Waals surface area (Å²) in [5.41, 5.74) is 9.65. The molecule has 7 aromatic carbocycles. The average molecular weight is 665 g/mol. The first-order chi connectivity index (χ1) is 25.7. The minimum atomic E-state index is 0.549. The highest BCUT2D eigenvalue weighted by molar-refractivity contribution is 6.10. The van der Waals surface area contributed by atoms with E-state index in [2.05, 4.69) is 130 Å².